The van der Waals surface area contributed by atoms with Crippen molar-refractivity contribution in [2.75, 3.05) is 26.4 Å². The summed E-state index contributed by atoms with van der Waals surface area (Å²) in [4.78, 5) is 9.88. The Labute approximate surface area is 227 Å². The van der Waals surface area contributed by atoms with Crippen LogP contribution in [0.25, 0.3) is 0 Å². The van der Waals surface area contributed by atoms with Crippen LogP contribution >= 0.6 is 0 Å². The largest absolute Gasteiger partial charge is 0.491 e. The van der Waals surface area contributed by atoms with Crippen molar-refractivity contribution in [2.45, 2.75) is 78.1 Å². The Morgan fingerprint density at radius 3 is 2.16 bits per heavy atom. The topological polar surface area (TPSA) is 68.2 Å². The maximum absolute atomic E-state index is 5.80. The Bertz CT molecular complexity index is 1130. The summed E-state index contributed by atoms with van der Waals surface area (Å²) in [5.41, 5.74) is 6.85. The third kappa shape index (κ3) is 8.75. The molecule has 2 aromatic rings. The first-order chi connectivity index (χ1) is 18.5. The summed E-state index contributed by atoms with van der Waals surface area (Å²) in [5, 5.41) is 0. The SMILES string of the molecule is CC(CC1CCC(CC(C)=Nc2ccc(OCC3CO3)cc2C)CC1)=Nc1cccc(COCC2CO2)c1. The molecule has 0 N–H and O–H groups in total. The number of aliphatic imine (C=N–C) groups is 2. The molecule has 2 atom stereocenters. The molecule has 204 valence electrons. The predicted octanol–water partition coefficient (Wildman–Crippen LogP) is 7.16. The van der Waals surface area contributed by atoms with Gasteiger partial charge in [-0.3, -0.25) is 9.98 Å². The van der Waals surface area contributed by atoms with E-state index in [0.717, 1.165) is 60.6 Å². The van der Waals surface area contributed by atoms with Gasteiger partial charge in [-0.15, -0.1) is 0 Å². The van der Waals surface area contributed by atoms with E-state index < -0.39 is 0 Å². The molecule has 3 aliphatic rings. The first-order valence-electron chi connectivity index (χ1n) is 14.2. The van der Waals surface area contributed by atoms with E-state index in [9.17, 15) is 0 Å². The summed E-state index contributed by atoms with van der Waals surface area (Å²) < 4.78 is 22.0. The fraction of sp³-hybridized carbons (Fsp3) is 0.562. The van der Waals surface area contributed by atoms with E-state index in [0.29, 0.717) is 25.9 Å². The van der Waals surface area contributed by atoms with Crippen LogP contribution in [0.15, 0.2) is 52.4 Å². The fourth-order valence-electron chi connectivity index (χ4n) is 5.38. The molecule has 2 aromatic carbocycles. The van der Waals surface area contributed by atoms with E-state index in [1.54, 1.807) is 0 Å². The standard InChI is InChI=1S/C32H42N2O4/c1-22-13-29(36-20-31-21-38-31)11-12-32(22)34-24(3)15-26-9-7-25(8-10-26)14-23(2)33-28-6-4-5-27(16-28)17-35-18-30-19-37-30/h4-6,11-13,16,25-26,30-31H,7-10,14-15,17-21H2,1-3H3. The Kier molecular flexibility index (Phi) is 9.26. The van der Waals surface area contributed by atoms with Crippen molar-refractivity contribution in [3.05, 3.63) is 53.6 Å². The molecule has 1 saturated carbocycles. The van der Waals surface area contributed by atoms with Crippen molar-refractivity contribution in [2.24, 2.45) is 21.8 Å². The van der Waals surface area contributed by atoms with Crippen molar-refractivity contribution in [1.29, 1.82) is 0 Å². The molecule has 0 aromatic heterocycles. The second kappa shape index (κ2) is 13.0. The lowest BCUT2D eigenvalue weighted by atomic mass is 9.78. The molecule has 2 unspecified atom stereocenters. The molecular formula is C32H42N2O4. The number of epoxide rings is 2. The molecule has 2 saturated heterocycles. The average molecular weight is 519 g/mol. The number of hydrogen-bond acceptors (Lipinski definition) is 6. The summed E-state index contributed by atoms with van der Waals surface area (Å²) in [7, 11) is 0. The number of aryl methyl sites for hydroxylation is 1. The fourth-order valence-corrected chi connectivity index (χ4v) is 5.38. The van der Waals surface area contributed by atoms with Crippen molar-refractivity contribution >= 4 is 22.8 Å². The molecule has 0 radical (unpaired) electrons. The van der Waals surface area contributed by atoms with Crippen LogP contribution in [0.2, 0.25) is 0 Å². The van der Waals surface area contributed by atoms with E-state index in [-0.39, 0.29) is 6.10 Å². The van der Waals surface area contributed by atoms with Crippen LogP contribution in [-0.4, -0.2) is 50.1 Å². The Hall–Kier alpha value is -2.54. The highest BCUT2D eigenvalue weighted by molar-refractivity contribution is 5.85. The van der Waals surface area contributed by atoms with Gasteiger partial charge in [0.05, 0.1) is 37.8 Å². The normalized spacial score (nSPS) is 25.3. The average Bonchev–Trinajstić information content (AvgIpc) is 3.82. The minimum atomic E-state index is 0.275. The van der Waals surface area contributed by atoms with Crippen molar-refractivity contribution in [3.8, 4) is 5.75 Å². The Balaban J connectivity index is 1.05. The van der Waals surface area contributed by atoms with E-state index >= 15 is 0 Å². The van der Waals surface area contributed by atoms with Crippen LogP contribution in [0.1, 0.15) is 63.5 Å². The molecule has 0 spiro atoms. The summed E-state index contributed by atoms with van der Waals surface area (Å²) in [6.45, 7) is 10.0. The summed E-state index contributed by atoms with van der Waals surface area (Å²) in [6.07, 6.45) is 7.85. The second-order valence-electron chi connectivity index (χ2n) is 11.3. The van der Waals surface area contributed by atoms with Gasteiger partial charge < -0.3 is 18.9 Å². The number of rotatable bonds is 13. The minimum Gasteiger partial charge on any atom is -0.491 e. The minimum absolute atomic E-state index is 0.275. The monoisotopic (exact) mass is 518 g/mol. The second-order valence-corrected chi connectivity index (χ2v) is 11.3. The quantitative estimate of drug-likeness (QED) is 0.208. The zero-order chi connectivity index (χ0) is 26.3. The highest BCUT2D eigenvalue weighted by Gasteiger charge is 2.24. The summed E-state index contributed by atoms with van der Waals surface area (Å²) >= 11 is 0. The number of ether oxygens (including phenoxy) is 4. The molecule has 2 aliphatic heterocycles. The van der Waals surface area contributed by atoms with Crippen LogP contribution in [0.4, 0.5) is 11.4 Å². The lowest BCUT2D eigenvalue weighted by Gasteiger charge is -2.28. The predicted molar refractivity (Wildman–Crippen MR) is 152 cm³/mol. The van der Waals surface area contributed by atoms with Crippen molar-refractivity contribution in [3.63, 3.8) is 0 Å². The molecule has 5 rings (SSSR count). The first-order valence-corrected chi connectivity index (χ1v) is 14.2. The van der Waals surface area contributed by atoms with Crippen LogP contribution in [0, 0.1) is 18.8 Å². The van der Waals surface area contributed by atoms with Gasteiger partial charge in [0, 0.05) is 11.4 Å². The Morgan fingerprint density at radius 1 is 0.842 bits per heavy atom. The van der Waals surface area contributed by atoms with Gasteiger partial charge in [-0.2, -0.15) is 0 Å². The van der Waals surface area contributed by atoms with Crippen molar-refractivity contribution in [1.82, 2.24) is 0 Å². The molecule has 1 aliphatic carbocycles. The number of hydrogen-bond donors (Lipinski definition) is 0. The van der Waals surface area contributed by atoms with Gasteiger partial charge in [0.1, 0.15) is 24.6 Å². The lowest BCUT2D eigenvalue weighted by molar-refractivity contribution is 0.104. The number of nitrogens with zero attached hydrogens (tertiary/aromatic N) is 2. The zero-order valence-electron chi connectivity index (χ0n) is 23.2. The van der Waals surface area contributed by atoms with E-state index in [4.69, 9.17) is 28.9 Å². The van der Waals surface area contributed by atoms with E-state index in [1.165, 1.54) is 42.7 Å². The maximum atomic E-state index is 5.80. The van der Waals surface area contributed by atoms with Crippen LogP contribution in [0.3, 0.4) is 0 Å². The molecule has 0 bridgehead atoms. The molecule has 3 fully saturated rings. The van der Waals surface area contributed by atoms with Gasteiger partial charge in [0.2, 0.25) is 0 Å². The van der Waals surface area contributed by atoms with Gasteiger partial charge in [-0.1, -0.05) is 12.1 Å². The van der Waals surface area contributed by atoms with Crippen LogP contribution in [0.5, 0.6) is 5.75 Å². The lowest BCUT2D eigenvalue weighted by Crippen LogP contribution is -2.18. The molecule has 6 heteroatoms. The highest BCUT2D eigenvalue weighted by Crippen LogP contribution is 2.34. The summed E-state index contributed by atoms with van der Waals surface area (Å²) in [6, 6.07) is 14.6. The summed E-state index contributed by atoms with van der Waals surface area (Å²) in [5.74, 6) is 2.35. The van der Waals surface area contributed by atoms with Crippen LogP contribution in [-0.2, 0) is 20.8 Å². The van der Waals surface area contributed by atoms with Gasteiger partial charge in [-0.05, 0) is 113 Å². The van der Waals surface area contributed by atoms with Crippen molar-refractivity contribution < 1.29 is 18.9 Å². The first kappa shape index (κ1) is 27.0. The maximum Gasteiger partial charge on any atom is 0.119 e. The van der Waals surface area contributed by atoms with Gasteiger partial charge in [-0.25, -0.2) is 0 Å². The van der Waals surface area contributed by atoms with Gasteiger partial charge >= 0.3 is 0 Å². The highest BCUT2D eigenvalue weighted by atomic mass is 16.6. The Morgan fingerprint density at radius 2 is 1.50 bits per heavy atom. The smallest absolute Gasteiger partial charge is 0.119 e. The van der Waals surface area contributed by atoms with Gasteiger partial charge in [0.15, 0.2) is 0 Å². The molecule has 0 amide bonds. The van der Waals surface area contributed by atoms with E-state index in [2.05, 4.69) is 57.2 Å². The van der Waals surface area contributed by atoms with E-state index in [1.807, 2.05) is 6.07 Å². The molecule has 6 nitrogen and oxygen atoms in total. The van der Waals surface area contributed by atoms with Crippen LogP contribution < -0.4 is 4.74 Å². The molecule has 38 heavy (non-hydrogen) atoms. The zero-order valence-corrected chi connectivity index (χ0v) is 23.2. The molecule has 2 heterocycles. The number of benzene rings is 2. The third-order valence-corrected chi connectivity index (χ3v) is 7.66. The molecular weight excluding hydrogens is 476 g/mol. The van der Waals surface area contributed by atoms with Gasteiger partial charge in [0.25, 0.3) is 0 Å². The third-order valence-electron chi connectivity index (χ3n) is 7.66.